The second-order valence-electron chi connectivity index (χ2n) is 9.88. The number of carbonyl (C=O) groups is 1. The Balaban J connectivity index is 1.55. The molecule has 0 spiro atoms. The number of nitriles is 1. The largest absolute Gasteiger partial charge is 0.345 e. The Hall–Kier alpha value is -4.51. The van der Waals surface area contributed by atoms with Crippen LogP contribution in [0.5, 0.6) is 0 Å². The lowest BCUT2D eigenvalue weighted by molar-refractivity contribution is 0.0931. The van der Waals surface area contributed by atoms with E-state index in [9.17, 15) is 18.8 Å². The van der Waals surface area contributed by atoms with E-state index in [2.05, 4.69) is 5.32 Å². The summed E-state index contributed by atoms with van der Waals surface area (Å²) in [6, 6.07) is 16.0. The van der Waals surface area contributed by atoms with Crippen molar-refractivity contribution in [1.82, 2.24) is 14.5 Å². The van der Waals surface area contributed by atoms with Crippen LogP contribution in [-0.2, 0) is 13.6 Å². The van der Waals surface area contributed by atoms with Crippen molar-refractivity contribution in [1.29, 1.82) is 10.7 Å². The maximum atomic E-state index is 13.9. The van der Waals surface area contributed by atoms with Gasteiger partial charge in [0.05, 0.1) is 24.2 Å². The van der Waals surface area contributed by atoms with Crippen LogP contribution in [0.1, 0.15) is 51.5 Å². The maximum Gasteiger partial charge on any atom is 0.251 e. The predicted octanol–water partition coefficient (Wildman–Crippen LogP) is 5.36. The van der Waals surface area contributed by atoms with E-state index < -0.39 is 5.82 Å². The molecule has 6 nitrogen and oxygen atoms in total. The van der Waals surface area contributed by atoms with Crippen LogP contribution in [0, 0.1) is 41.2 Å². The minimum absolute atomic E-state index is 0.166. The average molecular weight is 512 g/mol. The fraction of sp³-hybridized carbons (Fsp3) is 0.233. The van der Waals surface area contributed by atoms with Gasteiger partial charge in [0.2, 0.25) is 5.62 Å². The summed E-state index contributed by atoms with van der Waals surface area (Å²) in [6.07, 6.45) is 5.52. The van der Waals surface area contributed by atoms with Gasteiger partial charge in [-0.25, -0.2) is 8.78 Å². The molecule has 1 atom stereocenters. The highest BCUT2D eigenvalue weighted by atomic mass is 19.1. The minimum atomic E-state index is -0.514. The second-order valence-corrected chi connectivity index (χ2v) is 9.88. The third kappa shape index (κ3) is 5.14. The fourth-order valence-electron chi connectivity index (χ4n) is 4.77. The molecule has 1 unspecified atom stereocenters. The standard InChI is InChI=1S/C30H27F2N5O/c1-18-11-21(5-8-27(18)32)28(20-3-4-20)35-29(38)23-13-19(17-37-10-9-36(2)30(37)34)12-22(14-23)26-7-6-25(31)15-24(26)16-33/h5-15,20,28,34H,3-4,17H2,1-2H3,(H,35,38). The number of amides is 1. The summed E-state index contributed by atoms with van der Waals surface area (Å²) in [4.78, 5) is 13.6. The van der Waals surface area contributed by atoms with Crippen molar-refractivity contribution in [3.8, 4) is 17.2 Å². The molecule has 1 aliphatic carbocycles. The van der Waals surface area contributed by atoms with E-state index >= 15 is 0 Å². The molecule has 3 aromatic carbocycles. The van der Waals surface area contributed by atoms with E-state index in [0.29, 0.717) is 34.4 Å². The van der Waals surface area contributed by atoms with Crippen molar-refractivity contribution in [3.63, 3.8) is 0 Å². The molecule has 1 aliphatic rings. The van der Waals surface area contributed by atoms with Gasteiger partial charge >= 0.3 is 0 Å². The Morgan fingerprint density at radius 1 is 1.13 bits per heavy atom. The van der Waals surface area contributed by atoms with Crippen molar-refractivity contribution in [3.05, 3.63) is 112 Å². The number of carbonyl (C=O) groups excluding carboxylic acids is 1. The van der Waals surface area contributed by atoms with Crippen molar-refractivity contribution < 1.29 is 13.6 Å². The molecule has 8 heteroatoms. The van der Waals surface area contributed by atoms with Crippen LogP contribution >= 0.6 is 0 Å². The van der Waals surface area contributed by atoms with E-state index in [-0.39, 0.29) is 29.2 Å². The van der Waals surface area contributed by atoms with E-state index in [1.54, 1.807) is 59.8 Å². The number of rotatable bonds is 7. The van der Waals surface area contributed by atoms with Crippen LogP contribution < -0.4 is 10.9 Å². The van der Waals surface area contributed by atoms with Gasteiger partial charge in [0.15, 0.2) is 0 Å². The monoisotopic (exact) mass is 511 g/mol. The zero-order valence-electron chi connectivity index (χ0n) is 21.1. The first-order valence-electron chi connectivity index (χ1n) is 12.4. The predicted molar refractivity (Wildman–Crippen MR) is 139 cm³/mol. The van der Waals surface area contributed by atoms with E-state index in [1.165, 1.54) is 24.3 Å². The number of hydrogen-bond donors (Lipinski definition) is 2. The van der Waals surface area contributed by atoms with E-state index in [4.69, 9.17) is 5.41 Å². The number of aromatic nitrogens is 2. The molecule has 4 aromatic rings. The second kappa shape index (κ2) is 10.1. The van der Waals surface area contributed by atoms with Crippen LogP contribution in [0.2, 0.25) is 0 Å². The summed E-state index contributed by atoms with van der Waals surface area (Å²) < 4.78 is 31.2. The molecule has 0 saturated heterocycles. The molecule has 1 heterocycles. The van der Waals surface area contributed by atoms with Gasteiger partial charge in [-0.3, -0.25) is 10.2 Å². The average Bonchev–Trinajstić information content (AvgIpc) is 3.70. The summed E-state index contributed by atoms with van der Waals surface area (Å²) >= 11 is 0. The van der Waals surface area contributed by atoms with Crippen LogP contribution in [0.4, 0.5) is 8.78 Å². The third-order valence-electron chi connectivity index (χ3n) is 7.02. The lowest BCUT2D eigenvalue weighted by Crippen LogP contribution is -2.30. The van der Waals surface area contributed by atoms with Gasteiger partial charge in [-0.15, -0.1) is 0 Å². The highest BCUT2D eigenvalue weighted by molar-refractivity contribution is 5.96. The Kier molecular flexibility index (Phi) is 6.68. The molecule has 1 amide bonds. The van der Waals surface area contributed by atoms with Crippen LogP contribution in [-0.4, -0.2) is 15.0 Å². The lowest BCUT2D eigenvalue weighted by atomic mass is 9.95. The van der Waals surface area contributed by atoms with Gasteiger partial charge in [0.25, 0.3) is 5.91 Å². The summed E-state index contributed by atoms with van der Waals surface area (Å²) in [7, 11) is 1.78. The normalized spacial score (nSPS) is 13.7. The summed E-state index contributed by atoms with van der Waals surface area (Å²) in [6.45, 7) is 2.04. The summed E-state index contributed by atoms with van der Waals surface area (Å²) in [5.41, 5.74) is 4.11. The van der Waals surface area contributed by atoms with Crippen molar-refractivity contribution in [2.45, 2.75) is 32.4 Å². The molecular weight excluding hydrogens is 484 g/mol. The number of halogens is 2. The number of hydrogen-bond acceptors (Lipinski definition) is 3. The van der Waals surface area contributed by atoms with Crippen LogP contribution in [0.25, 0.3) is 11.1 Å². The molecule has 0 aliphatic heterocycles. The Labute approximate surface area is 219 Å². The van der Waals surface area contributed by atoms with Gasteiger partial charge < -0.3 is 14.5 Å². The van der Waals surface area contributed by atoms with Crippen molar-refractivity contribution in [2.75, 3.05) is 0 Å². The SMILES string of the molecule is Cc1cc(C(NC(=O)c2cc(Cn3ccn(C)c3=N)cc(-c3ccc(F)cc3C#N)c2)C2CC2)ccc1F. The Bertz CT molecular complexity index is 1640. The van der Waals surface area contributed by atoms with Crippen LogP contribution in [0.15, 0.2) is 67.0 Å². The summed E-state index contributed by atoms with van der Waals surface area (Å²) in [5, 5.41) is 21.1. The topological polar surface area (TPSA) is 86.6 Å². The maximum absolute atomic E-state index is 13.9. The first kappa shape index (κ1) is 25.2. The first-order valence-corrected chi connectivity index (χ1v) is 12.4. The van der Waals surface area contributed by atoms with Gasteiger partial charge in [-0.1, -0.05) is 18.2 Å². The van der Waals surface area contributed by atoms with E-state index in [1.807, 2.05) is 12.1 Å². The molecule has 1 fully saturated rings. The summed E-state index contributed by atoms with van der Waals surface area (Å²) in [5.74, 6) is -0.817. The first-order chi connectivity index (χ1) is 18.2. The molecule has 5 rings (SSSR count). The Morgan fingerprint density at radius 2 is 1.92 bits per heavy atom. The number of aryl methyl sites for hydroxylation is 2. The number of benzene rings is 3. The zero-order valence-corrected chi connectivity index (χ0v) is 21.1. The fourth-order valence-corrected chi connectivity index (χ4v) is 4.77. The van der Waals surface area contributed by atoms with Gasteiger partial charge in [0.1, 0.15) is 11.6 Å². The molecular formula is C30H27F2N5O. The minimum Gasteiger partial charge on any atom is -0.345 e. The molecule has 1 aromatic heterocycles. The number of nitrogens with zero attached hydrogens (tertiary/aromatic N) is 3. The molecule has 0 radical (unpaired) electrons. The Morgan fingerprint density at radius 3 is 2.58 bits per heavy atom. The smallest absolute Gasteiger partial charge is 0.251 e. The number of imidazole rings is 1. The molecule has 1 saturated carbocycles. The zero-order chi connectivity index (χ0) is 27.0. The van der Waals surface area contributed by atoms with Gasteiger partial charge in [-0.2, -0.15) is 5.26 Å². The molecule has 2 N–H and O–H groups in total. The quantitative estimate of drug-likeness (QED) is 0.350. The van der Waals surface area contributed by atoms with Crippen molar-refractivity contribution in [2.24, 2.45) is 13.0 Å². The van der Waals surface area contributed by atoms with Crippen molar-refractivity contribution >= 4 is 5.91 Å². The number of nitrogens with one attached hydrogen (secondary N) is 2. The molecule has 0 bridgehead atoms. The van der Waals surface area contributed by atoms with Gasteiger partial charge in [0, 0.05) is 25.0 Å². The lowest BCUT2D eigenvalue weighted by Gasteiger charge is -2.20. The van der Waals surface area contributed by atoms with Gasteiger partial charge in [-0.05, 0) is 89.9 Å². The highest BCUT2D eigenvalue weighted by Gasteiger charge is 2.34. The third-order valence-corrected chi connectivity index (χ3v) is 7.02. The highest BCUT2D eigenvalue weighted by Crippen LogP contribution is 2.41. The molecule has 38 heavy (non-hydrogen) atoms. The molecule has 192 valence electrons. The van der Waals surface area contributed by atoms with E-state index in [0.717, 1.165) is 24.0 Å². The van der Waals surface area contributed by atoms with Crippen LogP contribution in [0.3, 0.4) is 0 Å².